The Balaban J connectivity index is 1.85. The molecule has 2 saturated heterocycles. The second-order valence-electron chi connectivity index (χ2n) is 5.72. The molecular formula is C14H24N6O. The van der Waals surface area contributed by atoms with Gasteiger partial charge in [0.2, 0.25) is 11.9 Å². The van der Waals surface area contributed by atoms with E-state index in [4.69, 9.17) is 4.74 Å². The van der Waals surface area contributed by atoms with Crippen molar-refractivity contribution < 1.29 is 4.74 Å². The summed E-state index contributed by atoms with van der Waals surface area (Å²) in [5.74, 6) is 1.28. The fourth-order valence-electron chi connectivity index (χ4n) is 3.25. The van der Waals surface area contributed by atoms with E-state index in [1.165, 1.54) is 19.4 Å². The van der Waals surface area contributed by atoms with Gasteiger partial charge in [-0.05, 0) is 33.2 Å². The Kier molecular flexibility index (Phi) is 4.10. The molecule has 3 rings (SSSR count). The number of hydrogen-bond donors (Lipinski definition) is 1. The van der Waals surface area contributed by atoms with E-state index in [1.807, 2.05) is 14.0 Å². The third-order valence-corrected chi connectivity index (χ3v) is 4.29. The van der Waals surface area contributed by atoms with Crippen molar-refractivity contribution >= 4 is 11.9 Å². The standard InChI is InChI=1S/C14H24N6O/c1-4-21-14-17-12(15-3)16-13(18-14)20-9-11-6-5-7-19(11)8-10(20)2/h10-11H,4-9H2,1-3H3,(H,15,16,17,18). The molecule has 0 aromatic carbocycles. The van der Waals surface area contributed by atoms with Crippen molar-refractivity contribution in [2.24, 2.45) is 0 Å². The Labute approximate surface area is 125 Å². The molecule has 2 unspecified atom stereocenters. The molecule has 0 saturated carbocycles. The normalized spacial score (nSPS) is 25.8. The molecule has 21 heavy (non-hydrogen) atoms. The lowest BCUT2D eigenvalue weighted by Gasteiger charge is -2.42. The van der Waals surface area contributed by atoms with Crippen LogP contribution in [0.5, 0.6) is 6.01 Å². The number of piperazine rings is 1. The maximum absolute atomic E-state index is 5.46. The van der Waals surface area contributed by atoms with Gasteiger partial charge in [-0.3, -0.25) is 4.90 Å². The summed E-state index contributed by atoms with van der Waals surface area (Å²) < 4.78 is 5.46. The molecule has 3 heterocycles. The maximum atomic E-state index is 5.46. The quantitative estimate of drug-likeness (QED) is 0.887. The molecular weight excluding hydrogens is 268 g/mol. The van der Waals surface area contributed by atoms with Crippen molar-refractivity contribution in [3.05, 3.63) is 0 Å². The van der Waals surface area contributed by atoms with Crippen LogP contribution in [0, 0.1) is 0 Å². The van der Waals surface area contributed by atoms with Crippen molar-refractivity contribution in [2.75, 3.05) is 43.5 Å². The van der Waals surface area contributed by atoms with Crippen LogP contribution in [0.25, 0.3) is 0 Å². The monoisotopic (exact) mass is 292 g/mol. The minimum atomic E-state index is 0.396. The average molecular weight is 292 g/mol. The van der Waals surface area contributed by atoms with Gasteiger partial charge >= 0.3 is 6.01 Å². The Morgan fingerprint density at radius 3 is 2.90 bits per heavy atom. The third-order valence-electron chi connectivity index (χ3n) is 4.29. The Hall–Kier alpha value is -1.63. The molecule has 0 bridgehead atoms. The number of rotatable bonds is 4. The largest absolute Gasteiger partial charge is 0.464 e. The molecule has 0 aliphatic carbocycles. The van der Waals surface area contributed by atoms with E-state index in [-0.39, 0.29) is 0 Å². The predicted molar refractivity (Wildman–Crippen MR) is 81.9 cm³/mol. The van der Waals surface area contributed by atoms with Crippen LogP contribution in [0.3, 0.4) is 0 Å². The highest BCUT2D eigenvalue weighted by Crippen LogP contribution is 2.27. The van der Waals surface area contributed by atoms with Gasteiger partial charge in [-0.25, -0.2) is 0 Å². The second-order valence-corrected chi connectivity index (χ2v) is 5.72. The summed E-state index contributed by atoms with van der Waals surface area (Å²) in [6, 6.07) is 1.43. The summed E-state index contributed by atoms with van der Waals surface area (Å²) in [4.78, 5) is 18.1. The molecule has 116 valence electrons. The molecule has 0 amide bonds. The Bertz CT molecular complexity index is 496. The second kappa shape index (κ2) is 6.01. The molecule has 1 N–H and O–H groups in total. The Morgan fingerprint density at radius 1 is 1.29 bits per heavy atom. The summed E-state index contributed by atoms with van der Waals surface area (Å²) in [6.07, 6.45) is 2.57. The van der Waals surface area contributed by atoms with Crippen LogP contribution in [0.4, 0.5) is 11.9 Å². The first kappa shape index (κ1) is 14.3. The van der Waals surface area contributed by atoms with Gasteiger partial charge in [-0.2, -0.15) is 15.0 Å². The van der Waals surface area contributed by atoms with E-state index >= 15 is 0 Å². The first-order valence-electron chi connectivity index (χ1n) is 7.78. The van der Waals surface area contributed by atoms with Gasteiger partial charge in [0.15, 0.2) is 0 Å². The first-order valence-corrected chi connectivity index (χ1v) is 7.78. The van der Waals surface area contributed by atoms with E-state index in [0.717, 1.165) is 19.0 Å². The van der Waals surface area contributed by atoms with Gasteiger partial charge in [0.05, 0.1) is 6.61 Å². The smallest absolute Gasteiger partial charge is 0.323 e. The van der Waals surface area contributed by atoms with Crippen molar-refractivity contribution in [1.29, 1.82) is 0 Å². The van der Waals surface area contributed by atoms with Crippen LogP contribution < -0.4 is 15.0 Å². The lowest BCUT2D eigenvalue weighted by Crippen LogP contribution is -2.55. The van der Waals surface area contributed by atoms with Crippen LogP contribution in [0.1, 0.15) is 26.7 Å². The van der Waals surface area contributed by atoms with Crippen molar-refractivity contribution in [3.63, 3.8) is 0 Å². The molecule has 1 aromatic rings. The minimum Gasteiger partial charge on any atom is -0.464 e. The van der Waals surface area contributed by atoms with Gasteiger partial charge in [-0.15, -0.1) is 0 Å². The van der Waals surface area contributed by atoms with Gasteiger partial charge in [-0.1, -0.05) is 0 Å². The summed E-state index contributed by atoms with van der Waals surface area (Å²) in [5.41, 5.74) is 0. The zero-order valence-corrected chi connectivity index (χ0v) is 13.0. The van der Waals surface area contributed by atoms with Gasteiger partial charge in [0, 0.05) is 32.2 Å². The number of fused-ring (bicyclic) bond motifs is 1. The first-order chi connectivity index (χ1) is 10.2. The van der Waals surface area contributed by atoms with Crippen molar-refractivity contribution in [2.45, 2.75) is 38.8 Å². The highest BCUT2D eigenvalue weighted by Gasteiger charge is 2.35. The number of nitrogens with one attached hydrogen (secondary N) is 1. The Morgan fingerprint density at radius 2 is 2.14 bits per heavy atom. The maximum Gasteiger partial charge on any atom is 0.323 e. The number of hydrogen-bond acceptors (Lipinski definition) is 7. The third kappa shape index (κ3) is 2.88. The zero-order chi connectivity index (χ0) is 14.8. The van der Waals surface area contributed by atoms with Crippen LogP contribution >= 0.6 is 0 Å². The lowest BCUT2D eigenvalue weighted by molar-refractivity contribution is 0.201. The highest BCUT2D eigenvalue weighted by molar-refractivity contribution is 5.40. The minimum absolute atomic E-state index is 0.396. The number of ether oxygens (including phenoxy) is 1. The fraction of sp³-hybridized carbons (Fsp3) is 0.786. The molecule has 2 atom stereocenters. The number of nitrogens with zero attached hydrogens (tertiary/aromatic N) is 5. The number of anilines is 2. The summed E-state index contributed by atoms with van der Waals surface area (Å²) in [7, 11) is 1.81. The van der Waals surface area contributed by atoms with E-state index in [1.54, 1.807) is 0 Å². The summed E-state index contributed by atoms with van der Waals surface area (Å²) >= 11 is 0. The van der Waals surface area contributed by atoms with E-state index < -0.39 is 0 Å². The number of aromatic nitrogens is 3. The van der Waals surface area contributed by atoms with Crippen LogP contribution in [-0.4, -0.2) is 65.2 Å². The van der Waals surface area contributed by atoms with Crippen molar-refractivity contribution in [1.82, 2.24) is 19.9 Å². The van der Waals surface area contributed by atoms with Crippen LogP contribution in [-0.2, 0) is 0 Å². The summed E-state index contributed by atoms with van der Waals surface area (Å²) in [5, 5.41) is 2.99. The van der Waals surface area contributed by atoms with E-state index in [0.29, 0.717) is 30.6 Å². The SMILES string of the molecule is CCOc1nc(NC)nc(N2CC3CCCN3CC2C)n1. The molecule has 1 aromatic heterocycles. The zero-order valence-electron chi connectivity index (χ0n) is 13.0. The van der Waals surface area contributed by atoms with E-state index in [2.05, 4.69) is 37.0 Å². The molecule has 2 fully saturated rings. The average Bonchev–Trinajstić information content (AvgIpc) is 2.93. The molecule has 0 spiro atoms. The highest BCUT2D eigenvalue weighted by atomic mass is 16.5. The van der Waals surface area contributed by atoms with Gasteiger partial charge < -0.3 is 15.0 Å². The van der Waals surface area contributed by atoms with Crippen molar-refractivity contribution in [3.8, 4) is 6.01 Å². The van der Waals surface area contributed by atoms with Gasteiger partial charge in [0.25, 0.3) is 0 Å². The topological polar surface area (TPSA) is 66.4 Å². The van der Waals surface area contributed by atoms with E-state index in [9.17, 15) is 0 Å². The van der Waals surface area contributed by atoms with Crippen LogP contribution in [0.2, 0.25) is 0 Å². The molecule has 0 radical (unpaired) electrons. The molecule has 2 aliphatic rings. The predicted octanol–water partition coefficient (Wildman–Crippen LogP) is 0.985. The molecule has 7 heteroatoms. The summed E-state index contributed by atoms with van der Waals surface area (Å²) in [6.45, 7) is 8.01. The van der Waals surface area contributed by atoms with Gasteiger partial charge in [0.1, 0.15) is 0 Å². The molecule has 7 nitrogen and oxygen atoms in total. The molecule has 2 aliphatic heterocycles. The van der Waals surface area contributed by atoms with Crippen LogP contribution in [0.15, 0.2) is 0 Å². The fourth-order valence-corrected chi connectivity index (χ4v) is 3.25. The lowest BCUT2D eigenvalue weighted by atomic mass is 10.1.